The van der Waals surface area contributed by atoms with Gasteiger partial charge in [0.2, 0.25) is 0 Å². The van der Waals surface area contributed by atoms with E-state index in [2.05, 4.69) is 31.9 Å². The Kier molecular flexibility index (Phi) is 3.98. The standard InChI is InChI=1S/C9H7Br2NO3/c1-5(13)9(11)7-3-2-6(12(14)15)4-8(7)10/h2-4,9H,1H3. The van der Waals surface area contributed by atoms with Gasteiger partial charge in [0.15, 0.2) is 0 Å². The Balaban J connectivity index is 3.13. The zero-order chi connectivity index (χ0) is 11.6. The number of non-ortho nitro benzene ring substituents is 1. The fraction of sp³-hybridized carbons (Fsp3) is 0.222. The first-order chi connectivity index (χ1) is 6.93. The van der Waals surface area contributed by atoms with Crippen LogP contribution in [0.4, 0.5) is 5.69 Å². The third-order valence-electron chi connectivity index (χ3n) is 1.82. The summed E-state index contributed by atoms with van der Waals surface area (Å²) < 4.78 is 0.550. The molecule has 0 heterocycles. The molecule has 1 unspecified atom stereocenters. The molecular weight excluding hydrogens is 330 g/mol. The maximum Gasteiger partial charge on any atom is 0.270 e. The summed E-state index contributed by atoms with van der Waals surface area (Å²) in [5, 5.41) is 10.5. The van der Waals surface area contributed by atoms with Crippen LogP contribution in [0.3, 0.4) is 0 Å². The zero-order valence-electron chi connectivity index (χ0n) is 7.74. The van der Waals surface area contributed by atoms with Crippen LogP contribution < -0.4 is 0 Å². The van der Waals surface area contributed by atoms with Crippen molar-refractivity contribution in [1.29, 1.82) is 0 Å². The third-order valence-corrected chi connectivity index (χ3v) is 3.65. The van der Waals surface area contributed by atoms with Crippen LogP contribution in [0.15, 0.2) is 22.7 Å². The van der Waals surface area contributed by atoms with Crippen molar-refractivity contribution in [2.75, 3.05) is 0 Å². The summed E-state index contributed by atoms with van der Waals surface area (Å²) >= 11 is 6.41. The highest BCUT2D eigenvalue weighted by molar-refractivity contribution is 9.11. The number of hydrogen-bond acceptors (Lipinski definition) is 3. The molecule has 1 atom stereocenters. The predicted molar refractivity (Wildman–Crippen MR) is 63.1 cm³/mol. The van der Waals surface area contributed by atoms with Gasteiger partial charge in [-0.2, -0.15) is 0 Å². The quantitative estimate of drug-likeness (QED) is 0.483. The molecule has 0 radical (unpaired) electrons. The molecule has 0 bridgehead atoms. The normalized spacial score (nSPS) is 12.2. The molecule has 0 fully saturated rings. The molecule has 0 aliphatic rings. The topological polar surface area (TPSA) is 60.2 Å². The maximum absolute atomic E-state index is 11.1. The summed E-state index contributed by atoms with van der Waals surface area (Å²) in [5.41, 5.74) is 0.682. The molecule has 0 aromatic heterocycles. The molecule has 0 aliphatic heterocycles. The molecule has 0 spiro atoms. The second-order valence-electron chi connectivity index (χ2n) is 2.94. The first-order valence-corrected chi connectivity index (χ1v) is 5.72. The van der Waals surface area contributed by atoms with Gasteiger partial charge < -0.3 is 0 Å². The lowest BCUT2D eigenvalue weighted by atomic mass is 10.1. The Bertz CT molecular complexity index is 420. The minimum absolute atomic E-state index is 0.00567. The number of carbonyl (C=O) groups is 1. The fourth-order valence-corrected chi connectivity index (χ4v) is 2.36. The minimum Gasteiger partial charge on any atom is -0.298 e. The smallest absolute Gasteiger partial charge is 0.270 e. The third kappa shape index (κ3) is 2.85. The number of benzene rings is 1. The number of rotatable bonds is 3. The molecule has 1 aromatic carbocycles. The van der Waals surface area contributed by atoms with Crippen molar-refractivity contribution in [3.05, 3.63) is 38.3 Å². The number of carbonyl (C=O) groups excluding carboxylic acids is 1. The minimum atomic E-state index is -0.481. The first kappa shape index (κ1) is 12.3. The molecule has 0 saturated carbocycles. The summed E-state index contributed by atoms with van der Waals surface area (Å²) in [6.07, 6.45) is 0. The van der Waals surface area contributed by atoms with Gasteiger partial charge in [0.05, 0.1) is 9.75 Å². The van der Waals surface area contributed by atoms with Crippen molar-refractivity contribution >= 4 is 43.3 Å². The Hall–Kier alpha value is -0.750. The molecule has 0 aliphatic carbocycles. The molecule has 6 heteroatoms. The van der Waals surface area contributed by atoms with Crippen LogP contribution in [0.2, 0.25) is 0 Å². The number of Topliss-reactive ketones (excluding diaryl/α,β-unsaturated/α-hetero) is 1. The SMILES string of the molecule is CC(=O)C(Br)c1ccc([N+](=O)[O-])cc1Br. The largest absolute Gasteiger partial charge is 0.298 e. The van der Waals surface area contributed by atoms with E-state index in [4.69, 9.17) is 0 Å². The second kappa shape index (κ2) is 4.85. The van der Waals surface area contributed by atoms with Gasteiger partial charge in [-0.3, -0.25) is 14.9 Å². The number of hydrogen-bond donors (Lipinski definition) is 0. The second-order valence-corrected chi connectivity index (χ2v) is 4.71. The number of halogens is 2. The summed E-state index contributed by atoms with van der Waals surface area (Å²) in [7, 11) is 0. The van der Waals surface area contributed by atoms with Crippen molar-refractivity contribution in [3.63, 3.8) is 0 Å². The number of nitro benzene ring substituents is 1. The van der Waals surface area contributed by atoms with Gasteiger partial charge >= 0.3 is 0 Å². The zero-order valence-corrected chi connectivity index (χ0v) is 10.9. The van der Waals surface area contributed by atoms with Crippen molar-refractivity contribution in [1.82, 2.24) is 0 Å². The van der Waals surface area contributed by atoms with Gasteiger partial charge in [-0.25, -0.2) is 0 Å². The van der Waals surface area contributed by atoms with Gasteiger partial charge in [0.1, 0.15) is 5.78 Å². The van der Waals surface area contributed by atoms with E-state index in [0.717, 1.165) is 0 Å². The van der Waals surface area contributed by atoms with Crippen LogP contribution in [-0.4, -0.2) is 10.7 Å². The van der Waals surface area contributed by atoms with E-state index >= 15 is 0 Å². The molecule has 1 rings (SSSR count). The predicted octanol–water partition coefficient (Wildman–Crippen LogP) is 3.38. The average Bonchev–Trinajstić information content (AvgIpc) is 2.16. The van der Waals surface area contributed by atoms with Crippen LogP contribution in [-0.2, 0) is 4.79 Å². The summed E-state index contributed by atoms with van der Waals surface area (Å²) in [6.45, 7) is 1.45. The number of alkyl halides is 1. The van der Waals surface area contributed by atoms with Crippen LogP contribution in [0.1, 0.15) is 17.3 Å². The molecule has 0 amide bonds. The van der Waals surface area contributed by atoms with Crippen LogP contribution in [0.5, 0.6) is 0 Å². The highest BCUT2D eigenvalue weighted by Crippen LogP contribution is 2.32. The lowest BCUT2D eigenvalue weighted by Gasteiger charge is -2.08. The van der Waals surface area contributed by atoms with E-state index < -0.39 is 9.75 Å². The molecule has 0 N–H and O–H groups in total. The van der Waals surface area contributed by atoms with E-state index in [1.807, 2.05) is 0 Å². The molecule has 1 aromatic rings. The van der Waals surface area contributed by atoms with Crippen molar-refractivity contribution in [2.24, 2.45) is 0 Å². The van der Waals surface area contributed by atoms with E-state index in [9.17, 15) is 14.9 Å². The van der Waals surface area contributed by atoms with Crippen molar-refractivity contribution in [3.8, 4) is 0 Å². The van der Waals surface area contributed by atoms with E-state index in [-0.39, 0.29) is 11.5 Å². The van der Waals surface area contributed by atoms with Crippen LogP contribution >= 0.6 is 31.9 Å². The molecule has 15 heavy (non-hydrogen) atoms. The Morgan fingerprint density at radius 3 is 2.53 bits per heavy atom. The maximum atomic E-state index is 11.1. The summed E-state index contributed by atoms with van der Waals surface area (Å²) in [4.78, 5) is 20.7. The monoisotopic (exact) mass is 335 g/mol. The average molecular weight is 337 g/mol. The van der Waals surface area contributed by atoms with Gasteiger partial charge in [-0.05, 0) is 18.6 Å². The van der Waals surface area contributed by atoms with Gasteiger partial charge in [0, 0.05) is 16.6 Å². The van der Waals surface area contributed by atoms with Gasteiger partial charge in [0.25, 0.3) is 5.69 Å². The Morgan fingerprint density at radius 2 is 2.13 bits per heavy atom. The van der Waals surface area contributed by atoms with Crippen LogP contribution in [0.25, 0.3) is 0 Å². The van der Waals surface area contributed by atoms with E-state index in [1.165, 1.54) is 19.1 Å². The number of ketones is 1. The van der Waals surface area contributed by atoms with E-state index in [1.54, 1.807) is 6.07 Å². The highest BCUT2D eigenvalue weighted by atomic mass is 79.9. The van der Waals surface area contributed by atoms with Crippen LogP contribution in [0, 0.1) is 10.1 Å². The highest BCUT2D eigenvalue weighted by Gasteiger charge is 2.17. The Morgan fingerprint density at radius 1 is 1.53 bits per heavy atom. The summed E-state index contributed by atoms with van der Waals surface area (Å²) in [6, 6.07) is 4.31. The van der Waals surface area contributed by atoms with Gasteiger partial charge in [-0.15, -0.1) is 0 Å². The Labute approximate surface area is 103 Å². The molecule has 80 valence electrons. The lowest BCUT2D eigenvalue weighted by molar-refractivity contribution is -0.384. The summed E-state index contributed by atoms with van der Waals surface area (Å²) in [5.74, 6) is -0.0513. The van der Waals surface area contributed by atoms with Crippen molar-refractivity contribution < 1.29 is 9.72 Å². The molecule has 0 saturated heterocycles. The van der Waals surface area contributed by atoms with Gasteiger partial charge in [-0.1, -0.05) is 31.9 Å². The fourth-order valence-electron chi connectivity index (χ4n) is 1.05. The number of nitro groups is 1. The lowest BCUT2D eigenvalue weighted by Crippen LogP contribution is -2.02. The number of nitrogens with zero attached hydrogens (tertiary/aromatic N) is 1. The molecular formula is C9H7Br2NO3. The van der Waals surface area contributed by atoms with Crippen molar-refractivity contribution in [2.45, 2.75) is 11.8 Å². The first-order valence-electron chi connectivity index (χ1n) is 4.02. The van der Waals surface area contributed by atoms with E-state index in [0.29, 0.717) is 10.0 Å². The molecule has 4 nitrogen and oxygen atoms in total.